The van der Waals surface area contributed by atoms with Gasteiger partial charge in [-0.05, 0) is 25.2 Å². The fourth-order valence-electron chi connectivity index (χ4n) is 2.53. The number of nitrogens with one attached hydrogen (secondary N) is 1. The van der Waals surface area contributed by atoms with E-state index in [0.29, 0.717) is 6.42 Å². The second-order valence-corrected chi connectivity index (χ2v) is 5.70. The first kappa shape index (κ1) is 14.1. The third kappa shape index (κ3) is 2.42. The van der Waals surface area contributed by atoms with Crippen molar-refractivity contribution in [3.8, 4) is 0 Å². The van der Waals surface area contributed by atoms with Gasteiger partial charge in [-0.15, -0.1) is 0 Å². The van der Waals surface area contributed by atoms with Gasteiger partial charge in [-0.1, -0.05) is 13.8 Å². The van der Waals surface area contributed by atoms with E-state index in [2.05, 4.69) is 5.32 Å². The fraction of sp³-hybridized carbons (Fsp3) is 0.833. The summed E-state index contributed by atoms with van der Waals surface area (Å²) in [4.78, 5) is 24.4. The minimum absolute atomic E-state index is 0.107. The van der Waals surface area contributed by atoms with Crippen molar-refractivity contribution in [2.45, 2.75) is 50.9 Å². The van der Waals surface area contributed by atoms with E-state index >= 15 is 0 Å². The number of carbonyl (C=O) groups is 2. The van der Waals surface area contributed by atoms with Gasteiger partial charge in [-0.25, -0.2) is 0 Å². The van der Waals surface area contributed by atoms with Gasteiger partial charge in [0.05, 0.1) is 0 Å². The smallest absolute Gasteiger partial charge is 0.343 e. The maximum atomic E-state index is 13.0. The topological polar surface area (TPSA) is 49.4 Å². The van der Waals surface area contributed by atoms with E-state index in [1.165, 1.54) is 0 Å². The van der Waals surface area contributed by atoms with Gasteiger partial charge in [0.15, 0.2) is 0 Å². The number of nitrogens with zero attached hydrogens (tertiary/aromatic N) is 1. The molecule has 1 unspecified atom stereocenters. The zero-order valence-electron chi connectivity index (χ0n) is 10.9. The number of carbonyl (C=O) groups excluding carboxylic acids is 2. The lowest BCUT2D eigenvalue weighted by molar-refractivity contribution is -0.203. The highest BCUT2D eigenvalue weighted by atomic mass is 19.4. The summed E-state index contributed by atoms with van der Waals surface area (Å²) in [6.07, 6.45) is -4.33. The number of amides is 2. The van der Waals surface area contributed by atoms with Crippen molar-refractivity contribution in [2.75, 3.05) is 6.54 Å². The third-order valence-electron chi connectivity index (χ3n) is 3.68. The highest BCUT2D eigenvalue weighted by Crippen LogP contribution is 2.54. The van der Waals surface area contributed by atoms with Gasteiger partial charge < -0.3 is 10.2 Å². The minimum Gasteiger partial charge on any atom is -0.343 e. The summed E-state index contributed by atoms with van der Waals surface area (Å²) < 4.78 is 39.1. The maximum absolute atomic E-state index is 13.0. The molecule has 0 aromatic heterocycles. The van der Waals surface area contributed by atoms with Gasteiger partial charge in [0.2, 0.25) is 11.8 Å². The Morgan fingerprint density at radius 1 is 1.37 bits per heavy atom. The summed E-state index contributed by atoms with van der Waals surface area (Å²) in [6, 6.07) is -0.832. The van der Waals surface area contributed by atoms with Gasteiger partial charge >= 0.3 is 6.18 Å². The highest BCUT2D eigenvalue weighted by molar-refractivity contribution is 5.95. The Kier molecular flexibility index (Phi) is 3.26. The summed E-state index contributed by atoms with van der Waals surface area (Å²) in [5, 5.41) is 2.48. The Morgan fingerprint density at radius 2 is 1.95 bits per heavy atom. The van der Waals surface area contributed by atoms with Crippen molar-refractivity contribution in [3.63, 3.8) is 0 Å². The molecule has 0 spiro atoms. The third-order valence-corrected chi connectivity index (χ3v) is 3.68. The van der Waals surface area contributed by atoms with Crippen LogP contribution in [0.25, 0.3) is 0 Å². The van der Waals surface area contributed by atoms with Crippen LogP contribution >= 0.6 is 0 Å². The zero-order chi connectivity index (χ0) is 14.4. The second-order valence-electron chi connectivity index (χ2n) is 5.70. The van der Waals surface area contributed by atoms with E-state index in [1.54, 1.807) is 0 Å². The van der Waals surface area contributed by atoms with Crippen LogP contribution in [-0.4, -0.2) is 41.0 Å². The van der Waals surface area contributed by atoms with Crippen LogP contribution in [0.15, 0.2) is 0 Å². The van der Waals surface area contributed by atoms with Crippen LogP contribution in [-0.2, 0) is 9.59 Å². The molecule has 2 fully saturated rings. The first-order valence-electron chi connectivity index (χ1n) is 6.35. The van der Waals surface area contributed by atoms with Gasteiger partial charge in [-0.2, -0.15) is 13.2 Å². The summed E-state index contributed by atoms with van der Waals surface area (Å²) >= 11 is 0. The molecule has 1 aliphatic heterocycles. The molecular weight excluding hydrogens is 261 g/mol. The molecule has 1 aliphatic carbocycles. The van der Waals surface area contributed by atoms with Crippen LogP contribution in [0.5, 0.6) is 0 Å². The molecule has 108 valence electrons. The van der Waals surface area contributed by atoms with Crippen LogP contribution in [0.2, 0.25) is 0 Å². The zero-order valence-corrected chi connectivity index (χ0v) is 10.9. The molecule has 2 amide bonds. The summed E-state index contributed by atoms with van der Waals surface area (Å²) in [5.74, 6) is -1.00. The van der Waals surface area contributed by atoms with Crippen LogP contribution in [0, 0.1) is 5.92 Å². The molecule has 0 aromatic rings. The van der Waals surface area contributed by atoms with Crippen molar-refractivity contribution in [2.24, 2.45) is 5.92 Å². The normalized spacial score (nSPS) is 26.6. The lowest BCUT2D eigenvalue weighted by atomic mass is 9.99. The molecule has 7 heteroatoms. The van der Waals surface area contributed by atoms with Crippen molar-refractivity contribution in [1.29, 1.82) is 0 Å². The van der Waals surface area contributed by atoms with Gasteiger partial charge in [0, 0.05) is 0 Å². The van der Waals surface area contributed by atoms with Crippen LogP contribution in [0.1, 0.15) is 33.1 Å². The van der Waals surface area contributed by atoms with E-state index < -0.39 is 36.1 Å². The number of hydrogen-bond acceptors (Lipinski definition) is 2. The number of halogens is 3. The number of rotatable bonds is 3. The summed E-state index contributed by atoms with van der Waals surface area (Å²) in [6.45, 7) is 3.22. The molecule has 4 nitrogen and oxygen atoms in total. The van der Waals surface area contributed by atoms with Crippen LogP contribution < -0.4 is 5.32 Å². The van der Waals surface area contributed by atoms with Crippen molar-refractivity contribution < 1.29 is 22.8 Å². The summed E-state index contributed by atoms with van der Waals surface area (Å²) in [5.41, 5.74) is -2.10. The van der Waals surface area contributed by atoms with E-state index in [-0.39, 0.29) is 18.8 Å². The molecule has 2 aliphatic rings. The lowest BCUT2D eigenvalue weighted by Gasteiger charge is -2.39. The average Bonchev–Trinajstić information content (AvgIpc) is 3.02. The second kappa shape index (κ2) is 4.38. The molecule has 0 radical (unpaired) electrons. The first-order chi connectivity index (χ1) is 8.67. The van der Waals surface area contributed by atoms with Crippen molar-refractivity contribution >= 4 is 11.8 Å². The molecule has 1 atom stereocenters. The maximum Gasteiger partial charge on any atom is 0.411 e. The monoisotopic (exact) mass is 278 g/mol. The Labute approximate surface area is 109 Å². The van der Waals surface area contributed by atoms with E-state index in [4.69, 9.17) is 0 Å². The Balaban J connectivity index is 2.21. The average molecular weight is 278 g/mol. The number of piperazine rings is 1. The van der Waals surface area contributed by atoms with Crippen molar-refractivity contribution in [1.82, 2.24) is 10.2 Å². The van der Waals surface area contributed by atoms with Crippen LogP contribution in [0.4, 0.5) is 13.2 Å². The van der Waals surface area contributed by atoms with Crippen LogP contribution in [0.3, 0.4) is 0 Å². The van der Waals surface area contributed by atoms with Gasteiger partial charge in [-0.3, -0.25) is 9.59 Å². The molecule has 1 heterocycles. The molecule has 1 saturated carbocycles. The fourth-order valence-corrected chi connectivity index (χ4v) is 2.53. The lowest BCUT2D eigenvalue weighted by Crippen LogP contribution is -2.64. The molecule has 0 aromatic carbocycles. The number of hydrogen-bond donors (Lipinski definition) is 1. The van der Waals surface area contributed by atoms with Crippen molar-refractivity contribution in [3.05, 3.63) is 0 Å². The predicted octanol–water partition coefficient (Wildman–Crippen LogP) is 1.45. The molecule has 1 N–H and O–H groups in total. The Bertz CT molecular complexity index is 402. The van der Waals surface area contributed by atoms with Gasteiger partial charge in [0.25, 0.3) is 0 Å². The first-order valence-corrected chi connectivity index (χ1v) is 6.35. The molecule has 2 rings (SSSR count). The Morgan fingerprint density at radius 3 is 2.37 bits per heavy atom. The van der Waals surface area contributed by atoms with E-state index in [0.717, 1.165) is 4.90 Å². The molecule has 19 heavy (non-hydrogen) atoms. The van der Waals surface area contributed by atoms with E-state index in [9.17, 15) is 22.8 Å². The molecule has 1 saturated heterocycles. The quantitative estimate of drug-likeness (QED) is 0.849. The largest absolute Gasteiger partial charge is 0.411 e. The SMILES string of the molecule is CC(C)CC1NC(=O)CN(C2(C(F)(F)F)CC2)C1=O. The molecular formula is C12H17F3N2O2. The number of alkyl halides is 3. The van der Waals surface area contributed by atoms with Gasteiger partial charge in [0.1, 0.15) is 18.1 Å². The summed E-state index contributed by atoms with van der Waals surface area (Å²) in [7, 11) is 0. The standard InChI is InChI=1S/C12H17F3N2O2/c1-7(2)5-8-10(19)17(6-9(18)16-8)11(3-4-11)12(13,14)15/h7-8H,3-6H2,1-2H3,(H,16,18). The molecule has 0 bridgehead atoms. The highest BCUT2D eigenvalue weighted by Gasteiger charge is 2.69. The minimum atomic E-state index is -4.47. The Hall–Kier alpha value is -1.27. The predicted molar refractivity (Wildman–Crippen MR) is 61.1 cm³/mol. The van der Waals surface area contributed by atoms with E-state index in [1.807, 2.05) is 13.8 Å².